The Hall–Kier alpha value is -1.85. The summed E-state index contributed by atoms with van der Waals surface area (Å²) in [4.78, 5) is 38.1. The lowest BCUT2D eigenvalue weighted by Gasteiger charge is -2.18. The summed E-state index contributed by atoms with van der Waals surface area (Å²) in [5.74, 6) is -0.848. The molecule has 6 nitrogen and oxygen atoms in total. The largest absolute Gasteiger partial charge is 0.462 e. The second-order valence-electron chi connectivity index (χ2n) is 22.7. The van der Waals surface area contributed by atoms with Gasteiger partial charge in [0.05, 0.1) is 0 Å². The molecule has 0 aromatic heterocycles. The van der Waals surface area contributed by atoms with Crippen LogP contribution in [0.15, 0.2) is 12.2 Å². The fourth-order valence-corrected chi connectivity index (χ4v) is 10.3. The highest BCUT2D eigenvalue weighted by Crippen LogP contribution is 2.18. The number of carbonyl (C=O) groups excluding carboxylic acids is 3. The standard InChI is InChI=1S/C67H128O6/c1-4-7-10-13-16-19-21-23-25-27-29-30-31-32-33-34-35-36-37-38-39-41-42-44-46-48-51-54-57-60-66(69)72-63-64(62-71-65(68)59-56-53-50-18-15-12-9-6-3)73-67(70)61-58-55-52-49-47-45-43-40-28-26-24-22-20-17-14-11-8-5-2/h26,28,64H,4-25,27,29-63H2,1-3H3/b28-26-. The first-order valence-electron chi connectivity index (χ1n) is 33.2. The molecule has 0 saturated heterocycles. The first kappa shape index (κ1) is 71.2. The van der Waals surface area contributed by atoms with E-state index in [1.54, 1.807) is 0 Å². The number of hydrogen-bond donors (Lipinski definition) is 0. The molecule has 0 aromatic carbocycles. The predicted molar refractivity (Wildman–Crippen MR) is 317 cm³/mol. The third-order valence-corrected chi connectivity index (χ3v) is 15.3. The molecule has 1 atom stereocenters. The van der Waals surface area contributed by atoms with Crippen molar-refractivity contribution in [3.05, 3.63) is 12.2 Å². The molecule has 73 heavy (non-hydrogen) atoms. The van der Waals surface area contributed by atoms with Crippen LogP contribution in [0.5, 0.6) is 0 Å². The van der Waals surface area contributed by atoms with Crippen LogP contribution in [-0.2, 0) is 28.6 Å². The minimum atomic E-state index is -0.767. The van der Waals surface area contributed by atoms with E-state index >= 15 is 0 Å². The van der Waals surface area contributed by atoms with Crippen molar-refractivity contribution in [2.24, 2.45) is 0 Å². The monoisotopic (exact) mass is 1030 g/mol. The summed E-state index contributed by atoms with van der Waals surface area (Å²) in [5, 5.41) is 0. The Morgan fingerprint density at radius 3 is 0.685 bits per heavy atom. The van der Waals surface area contributed by atoms with Gasteiger partial charge in [-0.25, -0.2) is 0 Å². The SMILES string of the molecule is CCCCCCCCC/C=C\CCCCCCCCCC(=O)OC(COC(=O)CCCCCCCCCC)COC(=O)CCCCCCCCCCCCCCCCCCCCCCCCCCCCCCC. The van der Waals surface area contributed by atoms with Crippen LogP contribution in [0, 0.1) is 0 Å². The fraction of sp³-hybridized carbons (Fsp3) is 0.925. The first-order valence-corrected chi connectivity index (χ1v) is 33.2. The molecule has 1 unspecified atom stereocenters. The van der Waals surface area contributed by atoms with Crippen molar-refractivity contribution >= 4 is 17.9 Å². The van der Waals surface area contributed by atoms with Gasteiger partial charge in [-0.3, -0.25) is 14.4 Å². The normalized spacial score (nSPS) is 12.0. The Morgan fingerprint density at radius 2 is 0.452 bits per heavy atom. The van der Waals surface area contributed by atoms with Crippen molar-refractivity contribution in [2.45, 2.75) is 386 Å². The number of ether oxygens (including phenoxy) is 3. The average Bonchev–Trinajstić information content (AvgIpc) is 3.39. The van der Waals surface area contributed by atoms with E-state index < -0.39 is 6.10 Å². The molecule has 0 rings (SSSR count). The van der Waals surface area contributed by atoms with E-state index in [2.05, 4.69) is 32.9 Å². The van der Waals surface area contributed by atoms with Crippen LogP contribution in [0.25, 0.3) is 0 Å². The second-order valence-corrected chi connectivity index (χ2v) is 22.7. The minimum Gasteiger partial charge on any atom is -0.462 e. The molecule has 0 aliphatic rings. The van der Waals surface area contributed by atoms with Crippen LogP contribution in [0.4, 0.5) is 0 Å². The van der Waals surface area contributed by atoms with Gasteiger partial charge in [0.25, 0.3) is 0 Å². The Bertz CT molecular complexity index is 1130. The summed E-state index contributed by atoms with van der Waals surface area (Å²) in [6.45, 7) is 6.68. The van der Waals surface area contributed by atoms with E-state index in [1.165, 1.54) is 283 Å². The van der Waals surface area contributed by atoms with Gasteiger partial charge in [-0.05, 0) is 44.9 Å². The molecule has 0 aliphatic carbocycles. The van der Waals surface area contributed by atoms with Gasteiger partial charge in [-0.1, -0.05) is 328 Å². The number of unbranched alkanes of at least 4 members (excludes halogenated alkanes) is 49. The number of hydrogen-bond acceptors (Lipinski definition) is 6. The molecule has 0 N–H and O–H groups in total. The van der Waals surface area contributed by atoms with Gasteiger partial charge in [0.15, 0.2) is 6.10 Å². The van der Waals surface area contributed by atoms with Crippen LogP contribution in [0.3, 0.4) is 0 Å². The first-order chi connectivity index (χ1) is 36.0. The molecule has 0 fully saturated rings. The molecule has 432 valence electrons. The second kappa shape index (κ2) is 62.7. The van der Waals surface area contributed by atoms with Gasteiger partial charge in [0.1, 0.15) is 13.2 Å². The van der Waals surface area contributed by atoms with Crippen LogP contribution in [0.1, 0.15) is 380 Å². The fourth-order valence-electron chi connectivity index (χ4n) is 10.3. The third-order valence-electron chi connectivity index (χ3n) is 15.3. The lowest BCUT2D eigenvalue weighted by atomic mass is 10.0. The molecule has 0 radical (unpaired) electrons. The van der Waals surface area contributed by atoms with E-state index in [0.717, 1.165) is 57.8 Å². The van der Waals surface area contributed by atoms with Crippen LogP contribution in [-0.4, -0.2) is 37.2 Å². The van der Waals surface area contributed by atoms with E-state index in [0.29, 0.717) is 19.3 Å². The van der Waals surface area contributed by atoms with Gasteiger partial charge < -0.3 is 14.2 Å². The highest BCUT2D eigenvalue weighted by molar-refractivity contribution is 5.71. The van der Waals surface area contributed by atoms with Gasteiger partial charge in [-0.15, -0.1) is 0 Å². The Morgan fingerprint density at radius 1 is 0.260 bits per heavy atom. The summed E-state index contributed by atoms with van der Waals surface area (Å²) < 4.78 is 16.9. The zero-order valence-corrected chi connectivity index (χ0v) is 49.7. The maximum Gasteiger partial charge on any atom is 0.306 e. The molecule has 0 aromatic rings. The Balaban J connectivity index is 4.03. The average molecular weight is 1030 g/mol. The molecular formula is C67H128O6. The van der Waals surface area contributed by atoms with Crippen molar-refractivity contribution < 1.29 is 28.6 Å². The van der Waals surface area contributed by atoms with Crippen molar-refractivity contribution in [1.29, 1.82) is 0 Å². The lowest BCUT2D eigenvalue weighted by Crippen LogP contribution is -2.30. The van der Waals surface area contributed by atoms with Crippen LogP contribution in [0.2, 0.25) is 0 Å². The van der Waals surface area contributed by atoms with E-state index in [-0.39, 0.29) is 31.1 Å². The summed E-state index contributed by atoms with van der Waals surface area (Å²) in [6.07, 6.45) is 74.0. The number of allylic oxidation sites excluding steroid dienone is 2. The highest BCUT2D eigenvalue weighted by atomic mass is 16.6. The van der Waals surface area contributed by atoms with Crippen molar-refractivity contribution in [2.75, 3.05) is 13.2 Å². The lowest BCUT2D eigenvalue weighted by molar-refractivity contribution is -0.167. The molecule has 0 bridgehead atoms. The van der Waals surface area contributed by atoms with Gasteiger partial charge in [0, 0.05) is 19.3 Å². The molecule has 0 saturated carbocycles. The van der Waals surface area contributed by atoms with Gasteiger partial charge in [-0.2, -0.15) is 0 Å². The Kier molecular flexibility index (Phi) is 61.1. The summed E-state index contributed by atoms with van der Waals surface area (Å²) in [5.41, 5.74) is 0. The van der Waals surface area contributed by atoms with Crippen molar-refractivity contribution in [1.82, 2.24) is 0 Å². The molecular weight excluding hydrogens is 901 g/mol. The highest BCUT2D eigenvalue weighted by Gasteiger charge is 2.19. The molecule has 0 spiro atoms. The van der Waals surface area contributed by atoms with Gasteiger partial charge >= 0.3 is 17.9 Å². The Labute approximate surface area is 456 Å². The zero-order valence-electron chi connectivity index (χ0n) is 49.7. The number of esters is 3. The van der Waals surface area contributed by atoms with E-state index in [9.17, 15) is 14.4 Å². The predicted octanol–water partition coefficient (Wildman–Crippen LogP) is 22.4. The van der Waals surface area contributed by atoms with Gasteiger partial charge in [0.2, 0.25) is 0 Å². The summed E-state index contributed by atoms with van der Waals surface area (Å²) >= 11 is 0. The summed E-state index contributed by atoms with van der Waals surface area (Å²) in [7, 11) is 0. The summed E-state index contributed by atoms with van der Waals surface area (Å²) in [6, 6.07) is 0. The maximum absolute atomic E-state index is 12.9. The number of rotatable bonds is 62. The van der Waals surface area contributed by atoms with E-state index in [1.807, 2.05) is 0 Å². The zero-order chi connectivity index (χ0) is 52.9. The van der Waals surface area contributed by atoms with Crippen molar-refractivity contribution in [3.8, 4) is 0 Å². The topological polar surface area (TPSA) is 78.9 Å². The molecule has 0 amide bonds. The van der Waals surface area contributed by atoms with Crippen LogP contribution < -0.4 is 0 Å². The molecule has 6 heteroatoms. The number of carbonyl (C=O) groups is 3. The minimum absolute atomic E-state index is 0.0660. The van der Waals surface area contributed by atoms with Crippen LogP contribution >= 0.6 is 0 Å². The third kappa shape index (κ3) is 60.9. The molecule has 0 heterocycles. The van der Waals surface area contributed by atoms with E-state index in [4.69, 9.17) is 14.2 Å². The smallest absolute Gasteiger partial charge is 0.306 e. The maximum atomic E-state index is 12.9. The quantitative estimate of drug-likeness (QED) is 0.0261. The molecule has 0 aliphatic heterocycles. The van der Waals surface area contributed by atoms with Crippen molar-refractivity contribution in [3.63, 3.8) is 0 Å².